The zero-order valence-corrected chi connectivity index (χ0v) is 16.1. The van der Waals surface area contributed by atoms with Gasteiger partial charge in [0.2, 0.25) is 5.91 Å². The van der Waals surface area contributed by atoms with Crippen molar-refractivity contribution < 1.29 is 4.79 Å². The molecule has 0 spiro atoms. The summed E-state index contributed by atoms with van der Waals surface area (Å²) >= 11 is 1.64. The minimum atomic E-state index is 0.221. The van der Waals surface area contributed by atoms with Crippen molar-refractivity contribution in [3.8, 4) is 0 Å². The van der Waals surface area contributed by atoms with Crippen LogP contribution in [0.3, 0.4) is 0 Å². The lowest BCUT2D eigenvalue weighted by atomic mass is 10.1. The molecule has 4 rings (SSSR count). The van der Waals surface area contributed by atoms with Crippen LogP contribution in [0.15, 0.2) is 35.3 Å². The molecule has 26 heavy (non-hydrogen) atoms. The lowest BCUT2D eigenvalue weighted by Gasteiger charge is -2.18. The molecule has 1 aliphatic heterocycles. The van der Waals surface area contributed by atoms with E-state index >= 15 is 0 Å². The molecule has 4 heterocycles. The lowest BCUT2D eigenvalue weighted by Crippen LogP contribution is -2.30. The van der Waals surface area contributed by atoms with Gasteiger partial charge in [0.25, 0.3) is 0 Å². The van der Waals surface area contributed by atoms with Crippen LogP contribution >= 0.6 is 11.3 Å². The summed E-state index contributed by atoms with van der Waals surface area (Å²) < 4.78 is 2.31. The first-order valence-corrected chi connectivity index (χ1v) is 10.1. The van der Waals surface area contributed by atoms with Crippen LogP contribution in [0.2, 0.25) is 0 Å². The number of rotatable bonds is 5. The van der Waals surface area contributed by atoms with Crippen molar-refractivity contribution in [3.63, 3.8) is 0 Å². The molecule has 1 aliphatic rings. The summed E-state index contributed by atoms with van der Waals surface area (Å²) in [6, 6.07) is 4.01. The maximum atomic E-state index is 12.6. The Balaban J connectivity index is 1.55. The van der Waals surface area contributed by atoms with Crippen LogP contribution in [0.5, 0.6) is 0 Å². The van der Waals surface area contributed by atoms with Gasteiger partial charge in [0.1, 0.15) is 5.82 Å². The van der Waals surface area contributed by atoms with Gasteiger partial charge in [0.05, 0.1) is 23.7 Å². The van der Waals surface area contributed by atoms with E-state index in [-0.39, 0.29) is 5.91 Å². The van der Waals surface area contributed by atoms with E-state index in [1.165, 1.54) is 0 Å². The van der Waals surface area contributed by atoms with Crippen molar-refractivity contribution in [1.82, 2.24) is 19.4 Å². The van der Waals surface area contributed by atoms with E-state index in [0.717, 1.165) is 48.5 Å². The summed E-state index contributed by atoms with van der Waals surface area (Å²) in [6.45, 7) is 6.94. The second-order valence-corrected chi connectivity index (χ2v) is 8.25. The first-order valence-electron chi connectivity index (χ1n) is 9.21. The van der Waals surface area contributed by atoms with Crippen molar-refractivity contribution in [2.45, 2.75) is 39.2 Å². The summed E-state index contributed by atoms with van der Waals surface area (Å²) in [6.07, 6.45) is 5.18. The summed E-state index contributed by atoms with van der Waals surface area (Å²) in [7, 11) is 0. The van der Waals surface area contributed by atoms with E-state index in [4.69, 9.17) is 4.98 Å². The fraction of sp³-hybridized carbons (Fsp3) is 0.450. The van der Waals surface area contributed by atoms with Gasteiger partial charge >= 0.3 is 0 Å². The van der Waals surface area contributed by atoms with Crippen LogP contribution in [0.1, 0.15) is 37.6 Å². The zero-order valence-electron chi connectivity index (χ0n) is 15.3. The van der Waals surface area contributed by atoms with Gasteiger partial charge < -0.3 is 9.47 Å². The molecular formula is C20H24N4OS. The van der Waals surface area contributed by atoms with Crippen LogP contribution < -0.4 is 0 Å². The SMILES string of the molecule is CC(C)Cn1c([C@H]2CCN(C(=O)Cc3ccsc3)C2)nc2ccncc21. The average molecular weight is 369 g/mol. The van der Waals surface area contributed by atoms with Gasteiger partial charge in [-0.1, -0.05) is 13.8 Å². The Labute approximate surface area is 157 Å². The fourth-order valence-corrected chi connectivity index (χ4v) is 4.40. The highest BCUT2D eigenvalue weighted by molar-refractivity contribution is 7.08. The highest BCUT2D eigenvalue weighted by Crippen LogP contribution is 2.30. The molecule has 1 amide bonds. The molecule has 0 bridgehead atoms. The minimum absolute atomic E-state index is 0.221. The smallest absolute Gasteiger partial charge is 0.227 e. The molecule has 6 heteroatoms. The van der Waals surface area contributed by atoms with E-state index in [1.54, 1.807) is 17.5 Å². The summed E-state index contributed by atoms with van der Waals surface area (Å²) in [5.74, 6) is 2.16. The number of likely N-dealkylation sites (tertiary alicyclic amines) is 1. The average Bonchev–Trinajstić information content (AvgIpc) is 3.34. The Morgan fingerprint density at radius 2 is 2.27 bits per heavy atom. The summed E-state index contributed by atoms with van der Waals surface area (Å²) in [5, 5.41) is 4.08. The van der Waals surface area contributed by atoms with E-state index < -0.39 is 0 Å². The molecule has 0 aromatic carbocycles. The number of amides is 1. The molecule has 0 N–H and O–H groups in total. The van der Waals surface area contributed by atoms with E-state index in [9.17, 15) is 4.79 Å². The normalized spacial score (nSPS) is 17.5. The number of thiophene rings is 1. The molecule has 0 unspecified atom stereocenters. The molecule has 1 fully saturated rings. The molecule has 136 valence electrons. The van der Waals surface area contributed by atoms with Gasteiger partial charge in [-0.2, -0.15) is 11.3 Å². The van der Waals surface area contributed by atoms with Gasteiger partial charge in [-0.15, -0.1) is 0 Å². The van der Waals surface area contributed by atoms with E-state index in [1.807, 2.05) is 28.6 Å². The molecule has 3 aromatic rings. The number of imidazole rings is 1. The van der Waals surface area contributed by atoms with Gasteiger partial charge in [-0.3, -0.25) is 9.78 Å². The van der Waals surface area contributed by atoms with E-state index in [0.29, 0.717) is 18.3 Å². The standard InChI is InChI=1S/C20H24N4OS/c1-14(2)11-24-18-10-21-6-3-17(18)22-20(24)16-4-7-23(12-16)19(25)9-15-5-8-26-13-15/h3,5-6,8,10,13-14,16H,4,7,9,11-12H2,1-2H3/t16-/m0/s1. The molecule has 0 saturated carbocycles. The minimum Gasteiger partial charge on any atom is -0.342 e. The van der Waals surface area contributed by atoms with Gasteiger partial charge in [0, 0.05) is 31.7 Å². The maximum Gasteiger partial charge on any atom is 0.227 e. The van der Waals surface area contributed by atoms with Crippen LogP contribution in [0.4, 0.5) is 0 Å². The first-order chi connectivity index (χ1) is 12.6. The lowest BCUT2D eigenvalue weighted by molar-refractivity contribution is -0.129. The third-order valence-corrected chi connectivity index (χ3v) is 5.70. The number of nitrogens with zero attached hydrogens (tertiary/aromatic N) is 4. The summed E-state index contributed by atoms with van der Waals surface area (Å²) in [4.78, 5) is 23.8. The van der Waals surface area contributed by atoms with Crippen molar-refractivity contribution >= 4 is 28.3 Å². The van der Waals surface area contributed by atoms with Crippen LogP contribution in [0.25, 0.3) is 11.0 Å². The number of aromatic nitrogens is 3. The quantitative estimate of drug-likeness (QED) is 0.690. The Bertz CT molecular complexity index is 900. The third-order valence-electron chi connectivity index (χ3n) is 4.97. The molecule has 1 saturated heterocycles. The van der Waals surface area contributed by atoms with Gasteiger partial charge in [0.15, 0.2) is 0 Å². The van der Waals surface area contributed by atoms with Crippen molar-refractivity contribution in [3.05, 3.63) is 46.7 Å². The number of pyridine rings is 1. The predicted octanol–water partition coefficient (Wildman–Crippen LogP) is 3.71. The highest BCUT2D eigenvalue weighted by atomic mass is 32.1. The van der Waals surface area contributed by atoms with E-state index in [2.05, 4.69) is 28.8 Å². The molecule has 3 aromatic heterocycles. The van der Waals surface area contributed by atoms with Crippen LogP contribution in [0, 0.1) is 5.92 Å². The molecule has 0 radical (unpaired) electrons. The largest absolute Gasteiger partial charge is 0.342 e. The Hall–Kier alpha value is -2.21. The second kappa shape index (κ2) is 7.19. The number of hydrogen-bond acceptors (Lipinski definition) is 4. The third kappa shape index (κ3) is 3.38. The maximum absolute atomic E-state index is 12.6. The first kappa shape index (κ1) is 17.2. The topological polar surface area (TPSA) is 51.0 Å². The number of carbonyl (C=O) groups excluding carboxylic acids is 1. The number of carbonyl (C=O) groups is 1. The molecular weight excluding hydrogens is 344 g/mol. The Morgan fingerprint density at radius 1 is 1.38 bits per heavy atom. The van der Waals surface area contributed by atoms with Crippen molar-refractivity contribution in [2.75, 3.05) is 13.1 Å². The monoisotopic (exact) mass is 368 g/mol. The second-order valence-electron chi connectivity index (χ2n) is 7.47. The Morgan fingerprint density at radius 3 is 3.04 bits per heavy atom. The van der Waals surface area contributed by atoms with Crippen molar-refractivity contribution in [2.24, 2.45) is 5.92 Å². The van der Waals surface area contributed by atoms with Crippen LogP contribution in [-0.2, 0) is 17.8 Å². The van der Waals surface area contributed by atoms with Gasteiger partial charge in [-0.05, 0) is 40.8 Å². The Kier molecular flexibility index (Phi) is 4.76. The molecule has 5 nitrogen and oxygen atoms in total. The van der Waals surface area contributed by atoms with Gasteiger partial charge in [-0.25, -0.2) is 4.98 Å². The highest BCUT2D eigenvalue weighted by Gasteiger charge is 2.31. The molecule has 1 atom stereocenters. The predicted molar refractivity (Wildman–Crippen MR) is 104 cm³/mol. The number of hydrogen-bond donors (Lipinski definition) is 0. The number of fused-ring (bicyclic) bond motifs is 1. The fourth-order valence-electron chi connectivity index (χ4n) is 3.73. The zero-order chi connectivity index (χ0) is 18.1. The summed E-state index contributed by atoms with van der Waals surface area (Å²) in [5.41, 5.74) is 3.21. The van der Waals surface area contributed by atoms with Crippen molar-refractivity contribution in [1.29, 1.82) is 0 Å². The van der Waals surface area contributed by atoms with Crippen LogP contribution in [-0.4, -0.2) is 38.4 Å². The molecule has 0 aliphatic carbocycles.